The first kappa shape index (κ1) is 20.2. The molecule has 22 heavy (non-hydrogen) atoms. The first-order chi connectivity index (χ1) is 9.87. The first-order valence-electron chi connectivity index (χ1n) is 6.97. The zero-order valence-corrected chi connectivity index (χ0v) is 14.3. The third kappa shape index (κ3) is 7.85. The Hall–Kier alpha value is -1.79. The summed E-state index contributed by atoms with van der Waals surface area (Å²) in [5.41, 5.74) is -1.40. The van der Waals surface area contributed by atoms with Gasteiger partial charge in [0.2, 0.25) is 0 Å². The smallest absolute Gasteiger partial charge is 0.461 e. The van der Waals surface area contributed by atoms with Gasteiger partial charge in [-0.25, -0.2) is 4.79 Å². The molecule has 0 bridgehead atoms. The Bertz CT molecular complexity index is 401. The van der Waals surface area contributed by atoms with Crippen LogP contribution in [0.2, 0.25) is 0 Å². The SMILES string of the molecule is COC(=O)OCC(COC(=O)C(C)(C)C)OC(=O)C(C)(C)C. The molecule has 0 heterocycles. The summed E-state index contributed by atoms with van der Waals surface area (Å²) >= 11 is 0. The molecule has 0 aliphatic heterocycles. The molecule has 7 heteroatoms. The lowest BCUT2D eigenvalue weighted by molar-refractivity contribution is -0.171. The maximum absolute atomic E-state index is 11.9. The Morgan fingerprint density at radius 3 is 1.68 bits per heavy atom. The lowest BCUT2D eigenvalue weighted by Gasteiger charge is -2.24. The van der Waals surface area contributed by atoms with E-state index in [9.17, 15) is 14.4 Å². The molecule has 0 fully saturated rings. The molecule has 0 saturated carbocycles. The van der Waals surface area contributed by atoms with E-state index in [0.29, 0.717) is 0 Å². The Balaban J connectivity index is 4.69. The Kier molecular flexibility index (Phi) is 7.35. The van der Waals surface area contributed by atoms with Crippen LogP contribution in [0.15, 0.2) is 0 Å². The molecule has 0 amide bonds. The van der Waals surface area contributed by atoms with Crippen molar-refractivity contribution in [2.24, 2.45) is 10.8 Å². The fourth-order valence-electron chi connectivity index (χ4n) is 1.05. The summed E-state index contributed by atoms with van der Waals surface area (Å²) in [6.07, 6.45) is -1.80. The molecule has 0 rings (SSSR count). The lowest BCUT2D eigenvalue weighted by atomic mass is 9.97. The molecule has 0 aromatic rings. The molecule has 0 radical (unpaired) electrons. The van der Waals surface area contributed by atoms with E-state index in [1.54, 1.807) is 41.5 Å². The van der Waals surface area contributed by atoms with Crippen molar-refractivity contribution in [1.82, 2.24) is 0 Å². The van der Waals surface area contributed by atoms with Gasteiger partial charge in [-0.3, -0.25) is 9.59 Å². The van der Waals surface area contributed by atoms with Crippen LogP contribution in [0.4, 0.5) is 4.79 Å². The van der Waals surface area contributed by atoms with Gasteiger partial charge in [0, 0.05) is 0 Å². The minimum absolute atomic E-state index is 0.199. The highest BCUT2D eigenvalue weighted by Crippen LogP contribution is 2.18. The number of hydrogen-bond acceptors (Lipinski definition) is 7. The zero-order valence-electron chi connectivity index (χ0n) is 14.3. The molecule has 0 aromatic carbocycles. The molecule has 7 nitrogen and oxygen atoms in total. The molecule has 0 aliphatic rings. The summed E-state index contributed by atoms with van der Waals surface area (Å²) in [7, 11) is 1.16. The molecule has 0 aromatic heterocycles. The average Bonchev–Trinajstić information content (AvgIpc) is 2.38. The molecule has 0 saturated heterocycles. The Morgan fingerprint density at radius 2 is 1.27 bits per heavy atom. The third-order valence-corrected chi connectivity index (χ3v) is 2.45. The number of methoxy groups -OCH3 is 1. The van der Waals surface area contributed by atoms with Gasteiger partial charge in [-0.15, -0.1) is 0 Å². The molecule has 128 valence electrons. The summed E-state index contributed by atoms with van der Waals surface area (Å²) < 4.78 is 19.4. The van der Waals surface area contributed by atoms with Gasteiger partial charge in [-0.1, -0.05) is 0 Å². The van der Waals surface area contributed by atoms with Crippen molar-refractivity contribution in [1.29, 1.82) is 0 Å². The van der Waals surface area contributed by atoms with Crippen LogP contribution in [0.1, 0.15) is 41.5 Å². The fraction of sp³-hybridized carbons (Fsp3) is 0.800. The van der Waals surface area contributed by atoms with Gasteiger partial charge < -0.3 is 18.9 Å². The summed E-state index contributed by atoms with van der Waals surface area (Å²) in [6, 6.07) is 0. The van der Waals surface area contributed by atoms with Crippen molar-refractivity contribution in [2.75, 3.05) is 20.3 Å². The van der Waals surface area contributed by atoms with E-state index in [1.165, 1.54) is 0 Å². The predicted molar refractivity (Wildman–Crippen MR) is 78.1 cm³/mol. The van der Waals surface area contributed by atoms with E-state index in [0.717, 1.165) is 7.11 Å². The molecule has 0 N–H and O–H groups in total. The summed E-state index contributed by atoms with van der Waals surface area (Å²) in [5.74, 6) is -0.930. The lowest BCUT2D eigenvalue weighted by Crippen LogP contribution is -2.36. The van der Waals surface area contributed by atoms with Crippen LogP contribution in [0.25, 0.3) is 0 Å². The van der Waals surface area contributed by atoms with Crippen molar-refractivity contribution in [2.45, 2.75) is 47.6 Å². The van der Waals surface area contributed by atoms with Crippen molar-refractivity contribution in [3.63, 3.8) is 0 Å². The van der Waals surface area contributed by atoms with Crippen molar-refractivity contribution >= 4 is 18.1 Å². The van der Waals surface area contributed by atoms with Crippen LogP contribution in [0.3, 0.4) is 0 Å². The second-order valence-electron chi connectivity index (χ2n) is 6.89. The largest absolute Gasteiger partial charge is 0.508 e. The average molecular weight is 318 g/mol. The third-order valence-electron chi connectivity index (χ3n) is 2.45. The summed E-state index contributed by atoms with van der Waals surface area (Å²) in [4.78, 5) is 34.7. The fourth-order valence-corrected chi connectivity index (χ4v) is 1.05. The van der Waals surface area contributed by atoms with E-state index >= 15 is 0 Å². The van der Waals surface area contributed by atoms with Gasteiger partial charge >= 0.3 is 18.1 Å². The number of carbonyl (C=O) groups excluding carboxylic acids is 3. The molecule has 0 spiro atoms. The van der Waals surface area contributed by atoms with Gasteiger partial charge in [-0.2, -0.15) is 0 Å². The van der Waals surface area contributed by atoms with E-state index < -0.39 is 35.0 Å². The van der Waals surface area contributed by atoms with Crippen molar-refractivity contribution < 1.29 is 33.3 Å². The molecular formula is C15H26O7. The number of rotatable bonds is 5. The molecular weight excluding hydrogens is 292 g/mol. The summed E-state index contributed by atoms with van der Waals surface area (Å²) in [6.45, 7) is 9.72. The Morgan fingerprint density at radius 1 is 0.818 bits per heavy atom. The number of ether oxygens (including phenoxy) is 4. The van der Waals surface area contributed by atoms with Gasteiger partial charge in [0.15, 0.2) is 6.10 Å². The second kappa shape index (κ2) is 8.00. The van der Waals surface area contributed by atoms with Gasteiger partial charge in [0.25, 0.3) is 0 Å². The second-order valence-corrected chi connectivity index (χ2v) is 6.89. The van der Waals surface area contributed by atoms with E-state index in [2.05, 4.69) is 4.74 Å². The van der Waals surface area contributed by atoms with E-state index in [4.69, 9.17) is 14.2 Å². The predicted octanol–water partition coefficient (Wildman–Crippen LogP) is 2.32. The van der Waals surface area contributed by atoms with Crippen LogP contribution in [-0.2, 0) is 28.5 Å². The quantitative estimate of drug-likeness (QED) is 0.567. The van der Waals surface area contributed by atoms with Gasteiger partial charge in [-0.05, 0) is 41.5 Å². The maximum Gasteiger partial charge on any atom is 0.508 e. The topological polar surface area (TPSA) is 88.1 Å². The van der Waals surface area contributed by atoms with Crippen LogP contribution in [0, 0.1) is 10.8 Å². The number of esters is 2. The maximum atomic E-state index is 11.9. The van der Waals surface area contributed by atoms with Crippen molar-refractivity contribution in [3.05, 3.63) is 0 Å². The minimum atomic E-state index is -0.904. The Labute approximate surface area is 131 Å². The monoisotopic (exact) mass is 318 g/mol. The first-order valence-corrected chi connectivity index (χ1v) is 6.97. The highest BCUT2D eigenvalue weighted by molar-refractivity contribution is 5.76. The summed E-state index contributed by atoms with van der Waals surface area (Å²) in [5, 5.41) is 0. The van der Waals surface area contributed by atoms with Gasteiger partial charge in [0.1, 0.15) is 13.2 Å². The highest BCUT2D eigenvalue weighted by atomic mass is 16.7. The molecule has 0 aliphatic carbocycles. The zero-order chi connectivity index (χ0) is 17.6. The van der Waals surface area contributed by atoms with Crippen LogP contribution < -0.4 is 0 Å². The minimum Gasteiger partial charge on any atom is -0.461 e. The standard InChI is InChI=1S/C15H26O7/c1-14(2,3)11(16)20-8-10(9-21-13(18)19-7)22-12(17)15(4,5)6/h10H,8-9H2,1-7H3. The van der Waals surface area contributed by atoms with Crippen LogP contribution in [-0.4, -0.2) is 44.5 Å². The number of carbonyl (C=O) groups is 3. The van der Waals surface area contributed by atoms with Crippen molar-refractivity contribution in [3.8, 4) is 0 Å². The molecule has 1 atom stereocenters. The normalized spacial score (nSPS) is 13.0. The van der Waals surface area contributed by atoms with Crippen LogP contribution >= 0.6 is 0 Å². The van der Waals surface area contributed by atoms with E-state index in [-0.39, 0.29) is 13.2 Å². The van der Waals surface area contributed by atoms with Gasteiger partial charge in [0.05, 0.1) is 17.9 Å². The van der Waals surface area contributed by atoms with E-state index in [1.807, 2.05) is 0 Å². The van der Waals surface area contributed by atoms with Crippen LogP contribution in [0.5, 0.6) is 0 Å². The highest BCUT2D eigenvalue weighted by Gasteiger charge is 2.29. The molecule has 1 unspecified atom stereocenters. The number of hydrogen-bond donors (Lipinski definition) is 0.